The van der Waals surface area contributed by atoms with Crippen molar-refractivity contribution in [2.75, 3.05) is 4.90 Å². The normalized spacial score (nSPS) is 11.5. The molecular formula is C44H29NS. The van der Waals surface area contributed by atoms with Crippen molar-refractivity contribution in [1.82, 2.24) is 0 Å². The molecule has 0 spiro atoms. The summed E-state index contributed by atoms with van der Waals surface area (Å²) in [5, 5.41) is 7.56. The van der Waals surface area contributed by atoms with Gasteiger partial charge in [-0.2, -0.15) is 0 Å². The number of benzene rings is 8. The van der Waals surface area contributed by atoms with Crippen molar-refractivity contribution in [3.05, 3.63) is 176 Å². The van der Waals surface area contributed by atoms with E-state index < -0.39 is 0 Å². The first-order chi connectivity index (χ1) is 22.8. The Morgan fingerprint density at radius 1 is 0.348 bits per heavy atom. The van der Waals surface area contributed by atoms with Gasteiger partial charge in [-0.25, -0.2) is 0 Å². The van der Waals surface area contributed by atoms with Crippen LogP contribution in [-0.4, -0.2) is 0 Å². The van der Waals surface area contributed by atoms with Crippen LogP contribution in [0.2, 0.25) is 0 Å². The third kappa shape index (κ3) is 4.38. The fraction of sp³-hybridized carbons (Fsp3) is 0. The molecule has 0 radical (unpaired) electrons. The lowest BCUT2D eigenvalue weighted by Crippen LogP contribution is -2.11. The van der Waals surface area contributed by atoms with Gasteiger partial charge >= 0.3 is 0 Å². The second-order valence-corrected chi connectivity index (χ2v) is 12.7. The lowest BCUT2D eigenvalue weighted by molar-refractivity contribution is 1.32. The zero-order valence-electron chi connectivity index (χ0n) is 25.1. The maximum atomic E-state index is 2.46. The zero-order valence-corrected chi connectivity index (χ0v) is 25.9. The van der Waals surface area contributed by atoms with E-state index in [-0.39, 0.29) is 0 Å². The molecule has 9 rings (SSSR count). The SMILES string of the molecule is c1ccc(-c2ccc(N(c3cccc4ccccc34)c3cc4c5cccc(-c6ccccc6)c5sc4c4ccccc34)cc2)cc1. The van der Waals surface area contributed by atoms with Crippen molar-refractivity contribution < 1.29 is 0 Å². The summed E-state index contributed by atoms with van der Waals surface area (Å²) in [5.74, 6) is 0. The van der Waals surface area contributed by atoms with Crippen LogP contribution < -0.4 is 4.90 Å². The van der Waals surface area contributed by atoms with Crippen LogP contribution >= 0.6 is 11.3 Å². The van der Waals surface area contributed by atoms with E-state index >= 15 is 0 Å². The molecule has 0 amide bonds. The van der Waals surface area contributed by atoms with Crippen molar-refractivity contribution >= 4 is 70.1 Å². The van der Waals surface area contributed by atoms with E-state index in [0.717, 1.165) is 5.69 Å². The molecule has 1 aromatic heterocycles. The van der Waals surface area contributed by atoms with E-state index in [0.29, 0.717) is 0 Å². The molecule has 0 saturated heterocycles. The van der Waals surface area contributed by atoms with E-state index in [9.17, 15) is 0 Å². The highest BCUT2D eigenvalue weighted by atomic mass is 32.1. The second-order valence-electron chi connectivity index (χ2n) is 11.7. The Bertz CT molecular complexity index is 2510. The minimum atomic E-state index is 1.13. The molecule has 9 aromatic rings. The van der Waals surface area contributed by atoms with Crippen LogP contribution in [0.15, 0.2) is 176 Å². The van der Waals surface area contributed by atoms with Gasteiger partial charge in [0.1, 0.15) is 0 Å². The second kappa shape index (κ2) is 11.0. The standard InChI is InChI=1S/C44H29NS/c1-3-13-30(14-4-1)31-25-27-34(28-26-31)45(41-24-11-18-32-17-7-8-19-35(32)41)42-29-40-39-23-12-22-36(33-15-5-2-6-16-33)43(39)46-44(40)38-21-10-9-20-37(38)42/h1-29H. The fourth-order valence-corrected chi connectivity index (χ4v) is 8.23. The molecule has 0 bridgehead atoms. The first kappa shape index (κ1) is 26.7. The monoisotopic (exact) mass is 603 g/mol. The molecule has 0 N–H and O–H groups in total. The van der Waals surface area contributed by atoms with Crippen LogP contribution in [0.5, 0.6) is 0 Å². The van der Waals surface area contributed by atoms with Crippen molar-refractivity contribution in [2.45, 2.75) is 0 Å². The van der Waals surface area contributed by atoms with Crippen molar-refractivity contribution in [3.8, 4) is 22.3 Å². The maximum Gasteiger partial charge on any atom is 0.0547 e. The highest BCUT2D eigenvalue weighted by Gasteiger charge is 2.21. The molecule has 8 aromatic carbocycles. The van der Waals surface area contributed by atoms with Crippen LogP contribution in [0.25, 0.3) is 64.0 Å². The maximum absolute atomic E-state index is 2.46. The smallest absolute Gasteiger partial charge is 0.0547 e. The minimum absolute atomic E-state index is 1.13. The fourth-order valence-electron chi connectivity index (χ4n) is 6.88. The summed E-state index contributed by atoms with van der Waals surface area (Å²) in [6.45, 7) is 0. The van der Waals surface area contributed by atoms with Crippen LogP contribution in [0.4, 0.5) is 17.1 Å². The molecule has 0 aliphatic carbocycles. The average Bonchev–Trinajstić information content (AvgIpc) is 3.52. The van der Waals surface area contributed by atoms with Gasteiger partial charge < -0.3 is 4.90 Å². The van der Waals surface area contributed by atoms with Gasteiger partial charge in [0.15, 0.2) is 0 Å². The summed E-state index contributed by atoms with van der Waals surface area (Å²) >= 11 is 1.91. The van der Waals surface area contributed by atoms with Gasteiger partial charge in [-0.05, 0) is 51.9 Å². The number of anilines is 3. The Morgan fingerprint density at radius 3 is 1.70 bits per heavy atom. The molecule has 0 saturated carbocycles. The molecule has 0 aliphatic heterocycles. The summed E-state index contributed by atoms with van der Waals surface area (Å²) < 4.78 is 2.66. The number of nitrogens with zero attached hydrogens (tertiary/aromatic N) is 1. The van der Waals surface area contributed by atoms with E-state index in [1.807, 2.05) is 11.3 Å². The topological polar surface area (TPSA) is 3.24 Å². The van der Waals surface area contributed by atoms with Crippen LogP contribution in [-0.2, 0) is 0 Å². The Morgan fingerprint density at radius 2 is 0.913 bits per heavy atom. The summed E-state index contributed by atoms with van der Waals surface area (Å²) in [4.78, 5) is 2.46. The molecule has 216 valence electrons. The van der Waals surface area contributed by atoms with Gasteiger partial charge in [0, 0.05) is 42.0 Å². The lowest BCUT2D eigenvalue weighted by atomic mass is 9.99. The summed E-state index contributed by atoms with van der Waals surface area (Å²) in [5.41, 5.74) is 8.44. The van der Waals surface area contributed by atoms with Gasteiger partial charge in [-0.3, -0.25) is 0 Å². The lowest BCUT2D eigenvalue weighted by Gasteiger charge is -2.28. The van der Waals surface area contributed by atoms with Crippen molar-refractivity contribution in [2.24, 2.45) is 0 Å². The predicted octanol–water partition coefficient (Wildman–Crippen LogP) is 13.2. The van der Waals surface area contributed by atoms with Gasteiger partial charge in [0.05, 0.1) is 11.4 Å². The van der Waals surface area contributed by atoms with Gasteiger partial charge in [-0.15, -0.1) is 11.3 Å². The number of fused-ring (bicyclic) bond motifs is 6. The van der Waals surface area contributed by atoms with Crippen LogP contribution in [0, 0.1) is 0 Å². The molecule has 2 heteroatoms. The predicted molar refractivity (Wildman–Crippen MR) is 200 cm³/mol. The van der Waals surface area contributed by atoms with Crippen molar-refractivity contribution in [1.29, 1.82) is 0 Å². The number of hydrogen-bond donors (Lipinski definition) is 0. The Labute approximate surface area is 272 Å². The first-order valence-corrected chi connectivity index (χ1v) is 16.5. The van der Waals surface area contributed by atoms with Gasteiger partial charge in [0.2, 0.25) is 0 Å². The molecule has 0 aliphatic rings. The quantitative estimate of drug-likeness (QED) is 0.189. The largest absolute Gasteiger partial charge is 0.309 e. The average molecular weight is 604 g/mol. The first-order valence-electron chi connectivity index (χ1n) is 15.7. The van der Waals surface area contributed by atoms with E-state index in [4.69, 9.17) is 0 Å². The highest BCUT2D eigenvalue weighted by molar-refractivity contribution is 7.27. The van der Waals surface area contributed by atoms with E-state index in [1.165, 1.54) is 75.3 Å². The third-order valence-corrected chi connectivity index (χ3v) is 10.3. The molecule has 0 fully saturated rings. The molecule has 0 atom stereocenters. The molecular weight excluding hydrogens is 575 g/mol. The molecule has 0 unspecified atom stereocenters. The highest BCUT2D eigenvalue weighted by Crippen LogP contribution is 2.49. The Balaban J connectivity index is 1.34. The van der Waals surface area contributed by atoms with E-state index in [1.54, 1.807) is 0 Å². The molecule has 1 heterocycles. The van der Waals surface area contributed by atoms with E-state index in [2.05, 4.69) is 181 Å². The third-order valence-electron chi connectivity index (χ3n) is 9.05. The number of rotatable bonds is 5. The molecule has 1 nitrogen and oxygen atoms in total. The van der Waals surface area contributed by atoms with Crippen LogP contribution in [0.1, 0.15) is 0 Å². The van der Waals surface area contributed by atoms with Gasteiger partial charge in [-0.1, -0.05) is 152 Å². The number of thiophene rings is 1. The number of hydrogen-bond acceptors (Lipinski definition) is 2. The Kier molecular flexibility index (Phi) is 6.40. The Hall–Kier alpha value is -5.70. The zero-order chi connectivity index (χ0) is 30.5. The summed E-state index contributed by atoms with van der Waals surface area (Å²) in [6, 6.07) is 63.8. The summed E-state index contributed by atoms with van der Waals surface area (Å²) in [6.07, 6.45) is 0. The minimum Gasteiger partial charge on any atom is -0.309 e. The van der Waals surface area contributed by atoms with Crippen LogP contribution in [0.3, 0.4) is 0 Å². The van der Waals surface area contributed by atoms with Gasteiger partial charge in [0.25, 0.3) is 0 Å². The summed E-state index contributed by atoms with van der Waals surface area (Å²) in [7, 11) is 0. The molecule has 46 heavy (non-hydrogen) atoms. The van der Waals surface area contributed by atoms with Crippen molar-refractivity contribution in [3.63, 3.8) is 0 Å².